The number of hydrogen-bond donors (Lipinski definition) is 0. The van der Waals surface area contributed by atoms with Crippen LogP contribution >= 0.6 is 0 Å². The van der Waals surface area contributed by atoms with Crippen molar-refractivity contribution in [2.45, 2.75) is 6.54 Å². The first-order chi connectivity index (χ1) is 27.2. The Kier molecular flexibility index (Phi) is 9.17. The second-order valence-corrected chi connectivity index (χ2v) is 13.6. The van der Waals surface area contributed by atoms with Crippen molar-refractivity contribution >= 4 is 50.7 Å². The van der Waals surface area contributed by atoms with Crippen molar-refractivity contribution in [2.24, 2.45) is 15.0 Å². The molecule has 0 heterocycles. The lowest BCUT2D eigenvalue weighted by molar-refractivity contribution is 1.06. The molecule has 0 aliphatic rings. The molecule has 0 amide bonds. The molecule has 0 aliphatic carbocycles. The second-order valence-electron chi connectivity index (χ2n) is 13.6. The van der Waals surface area contributed by atoms with E-state index in [4.69, 9.17) is 9.98 Å². The van der Waals surface area contributed by atoms with Gasteiger partial charge in [0.25, 0.3) is 0 Å². The first-order valence-electron chi connectivity index (χ1n) is 18.6. The van der Waals surface area contributed by atoms with Crippen LogP contribution in [0.4, 0.5) is 0 Å². The summed E-state index contributed by atoms with van der Waals surface area (Å²) in [5.74, 6) is 1.14. The molecule has 0 aromatic heterocycles. The number of aliphatic imine (C=N–C) groups is 3. The van der Waals surface area contributed by atoms with Gasteiger partial charge in [-0.05, 0) is 84.0 Å². The Morgan fingerprint density at radius 2 is 0.964 bits per heavy atom. The van der Waals surface area contributed by atoms with E-state index < -0.39 is 0 Å². The van der Waals surface area contributed by atoms with Crippen LogP contribution in [0, 0.1) is 0 Å². The summed E-state index contributed by atoms with van der Waals surface area (Å²) in [5, 5.41) is 7.39. The maximum atomic E-state index is 5.00. The number of amidine groups is 2. The van der Waals surface area contributed by atoms with Gasteiger partial charge in [0.2, 0.25) is 0 Å². The summed E-state index contributed by atoms with van der Waals surface area (Å²) < 4.78 is 0. The molecule has 0 N–H and O–H groups in total. The van der Waals surface area contributed by atoms with Crippen LogP contribution in [-0.4, -0.2) is 18.4 Å². The fourth-order valence-electron chi connectivity index (χ4n) is 7.64. The van der Waals surface area contributed by atoms with Gasteiger partial charge < -0.3 is 0 Å². The molecular weight excluding hydrogens is 667 g/mol. The first-order valence-corrected chi connectivity index (χ1v) is 18.6. The van der Waals surface area contributed by atoms with Gasteiger partial charge >= 0.3 is 0 Å². The van der Waals surface area contributed by atoms with E-state index >= 15 is 0 Å². The quantitative estimate of drug-likeness (QED) is 0.0900. The highest BCUT2D eigenvalue weighted by molar-refractivity contribution is 6.24. The van der Waals surface area contributed by atoms with Gasteiger partial charge in [-0.1, -0.05) is 194 Å². The van der Waals surface area contributed by atoms with Gasteiger partial charge in [0.1, 0.15) is 0 Å². The molecule has 0 saturated heterocycles. The van der Waals surface area contributed by atoms with E-state index in [-0.39, 0.29) is 0 Å². The Bertz CT molecular complexity index is 2870. The van der Waals surface area contributed by atoms with E-state index in [0.717, 1.165) is 27.8 Å². The van der Waals surface area contributed by atoms with E-state index in [9.17, 15) is 0 Å². The van der Waals surface area contributed by atoms with Gasteiger partial charge in [-0.25, -0.2) is 9.98 Å². The van der Waals surface area contributed by atoms with Gasteiger partial charge in [-0.15, -0.1) is 0 Å². The molecule has 0 aliphatic heterocycles. The molecule has 0 bridgehead atoms. The number of nitrogens with zero attached hydrogens (tertiary/aromatic N) is 3. The molecule has 0 unspecified atom stereocenters. The average molecular weight is 704 g/mol. The molecule has 0 spiro atoms. The minimum absolute atomic E-state index is 0.500. The fraction of sp³-hybridized carbons (Fsp3) is 0.0192. The summed E-state index contributed by atoms with van der Waals surface area (Å²) in [5.41, 5.74) is 10.1. The average Bonchev–Trinajstić information content (AvgIpc) is 3.26. The fourth-order valence-corrected chi connectivity index (χ4v) is 7.64. The van der Waals surface area contributed by atoms with Gasteiger partial charge in [-0.2, -0.15) is 0 Å². The van der Waals surface area contributed by atoms with Crippen molar-refractivity contribution in [3.63, 3.8) is 0 Å². The Balaban J connectivity index is 1.21. The third kappa shape index (κ3) is 6.65. The second kappa shape index (κ2) is 15.0. The molecule has 55 heavy (non-hydrogen) atoms. The van der Waals surface area contributed by atoms with E-state index in [2.05, 4.69) is 163 Å². The molecule has 0 fully saturated rings. The highest BCUT2D eigenvalue weighted by Gasteiger charge is 2.19. The molecule has 0 atom stereocenters. The maximum absolute atomic E-state index is 5.00. The van der Waals surface area contributed by atoms with Gasteiger partial charge in [-0.3, -0.25) is 4.99 Å². The lowest BCUT2D eigenvalue weighted by atomic mass is 9.84. The highest BCUT2D eigenvalue weighted by atomic mass is 15.0. The van der Waals surface area contributed by atoms with E-state index in [0.29, 0.717) is 18.2 Å². The normalized spacial score (nSPS) is 12.0. The van der Waals surface area contributed by atoms with Gasteiger partial charge in [0.15, 0.2) is 11.7 Å². The lowest BCUT2D eigenvalue weighted by Gasteiger charge is -2.19. The molecule has 9 rings (SSSR count). The zero-order valence-corrected chi connectivity index (χ0v) is 30.3. The summed E-state index contributed by atoms with van der Waals surface area (Å²) in [4.78, 5) is 14.3. The molecule has 0 radical (unpaired) electrons. The maximum Gasteiger partial charge on any atom is 0.161 e. The number of rotatable bonds is 7. The standard InChI is InChI=1S/C52H37N3/c1-53-51(40-21-9-4-10-22-40)55-52(54-35-36-16-5-2-6-17-36)41-30-28-37(29-31-41)42-32-33-47-48(34-42)50(44-27-15-23-38-18-11-12-24-43(38)44)46-26-14-13-25-45(46)49(47)39-19-7-3-8-20-39/h2-34H,1,35H2/b54-52-,55-51-. The van der Waals surface area contributed by atoms with Crippen molar-refractivity contribution < 1.29 is 0 Å². The minimum Gasteiger partial charge on any atom is -0.261 e. The van der Waals surface area contributed by atoms with Crippen LogP contribution in [0.15, 0.2) is 215 Å². The summed E-state index contributed by atoms with van der Waals surface area (Å²) in [6.45, 7) is 4.34. The smallest absolute Gasteiger partial charge is 0.161 e. The molecule has 0 saturated carbocycles. The van der Waals surface area contributed by atoms with Crippen molar-refractivity contribution in [1.82, 2.24) is 0 Å². The number of fused-ring (bicyclic) bond motifs is 3. The number of hydrogen-bond acceptors (Lipinski definition) is 1. The van der Waals surface area contributed by atoms with E-state index in [1.807, 2.05) is 48.5 Å². The Labute approximate surface area is 321 Å². The monoisotopic (exact) mass is 703 g/mol. The van der Waals surface area contributed by atoms with Crippen LogP contribution in [0.1, 0.15) is 16.7 Å². The van der Waals surface area contributed by atoms with Crippen LogP contribution < -0.4 is 0 Å². The third-order valence-corrected chi connectivity index (χ3v) is 10.3. The van der Waals surface area contributed by atoms with E-state index in [1.165, 1.54) is 54.6 Å². The van der Waals surface area contributed by atoms with Crippen LogP contribution in [0.25, 0.3) is 65.7 Å². The molecule has 9 aromatic rings. The molecule has 3 heteroatoms. The van der Waals surface area contributed by atoms with Crippen LogP contribution in [-0.2, 0) is 6.54 Å². The van der Waals surface area contributed by atoms with Gasteiger partial charge in [0, 0.05) is 11.1 Å². The summed E-state index contributed by atoms with van der Waals surface area (Å²) in [6.07, 6.45) is 0. The Hall–Kier alpha value is -7.23. The SMILES string of the molecule is C=N/C(=N\C(=N/Cc1ccccc1)c1ccc(-c2ccc3c(-c4ccccc4)c4ccccc4c(-c4cccc5ccccc45)c3c2)cc1)c1ccccc1. The summed E-state index contributed by atoms with van der Waals surface area (Å²) in [6, 6.07) is 70.6. The molecule has 3 nitrogen and oxygen atoms in total. The van der Waals surface area contributed by atoms with Crippen LogP contribution in [0.3, 0.4) is 0 Å². The van der Waals surface area contributed by atoms with Gasteiger partial charge in [0.05, 0.1) is 6.54 Å². The largest absolute Gasteiger partial charge is 0.261 e. The molecule has 260 valence electrons. The molecule has 9 aromatic carbocycles. The topological polar surface area (TPSA) is 37.1 Å². The van der Waals surface area contributed by atoms with Crippen molar-refractivity contribution in [2.75, 3.05) is 0 Å². The predicted octanol–water partition coefficient (Wildman–Crippen LogP) is 13.2. The van der Waals surface area contributed by atoms with Crippen LogP contribution in [0.5, 0.6) is 0 Å². The summed E-state index contributed by atoms with van der Waals surface area (Å²) in [7, 11) is 0. The number of benzene rings is 9. The van der Waals surface area contributed by atoms with Crippen molar-refractivity contribution in [1.29, 1.82) is 0 Å². The first kappa shape index (κ1) is 33.6. The third-order valence-electron chi connectivity index (χ3n) is 10.3. The van der Waals surface area contributed by atoms with Crippen molar-refractivity contribution in [3.8, 4) is 33.4 Å². The van der Waals surface area contributed by atoms with Crippen LogP contribution in [0.2, 0.25) is 0 Å². The van der Waals surface area contributed by atoms with E-state index in [1.54, 1.807) is 0 Å². The lowest BCUT2D eigenvalue weighted by Crippen LogP contribution is -2.05. The molecular formula is C52H37N3. The summed E-state index contributed by atoms with van der Waals surface area (Å²) >= 11 is 0. The Morgan fingerprint density at radius 1 is 0.400 bits per heavy atom. The zero-order chi connectivity index (χ0) is 37.0. The Morgan fingerprint density at radius 3 is 1.69 bits per heavy atom. The predicted molar refractivity (Wildman–Crippen MR) is 234 cm³/mol. The van der Waals surface area contributed by atoms with Crippen molar-refractivity contribution in [3.05, 3.63) is 217 Å². The highest BCUT2D eigenvalue weighted by Crippen LogP contribution is 2.46. The minimum atomic E-state index is 0.500. The zero-order valence-electron chi connectivity index (χ0n) is 30.3.